The summed E-state index contributed by atoms with van der Waals surface area (Å²) in [5.41, 5.74) is 2.04. The quantitative estimate of drug-likeness (QED) is 0.848. The minimum Gasteiger partial charge on any atom is -0.467 e. The van der Waals surface area contributed by atoms with E-state index in [0.717, 1.165) is 24.1 Å². The molecule has 1 aliphatic rings. The van der Waals surface area contributed by atoms with E-state index in [1.54, 1.807) is 0 Å². The Morgan fingerprint density at radius 2 is 2.16 bits per heavy atom. The number of aryl methyl sites for hydroxylation is 1. The summed E-state index contributed by atoms with van der Waals surface area (Å²) in [4.78, 5) is 12.0. The zero-order chi connectivity index (χ0) is 13.8. The third kappa shape index (κ3) is 3.26. The van der Waals surface area contributed by atoms with Crippen molar-refractivity contribution in [2.45, 2.75) is 44.9 Å². The van der Waals surface area contributed by atoms with Gasteiger partial charge in [0.15, 0.2) is 6.04 Å². The van der Waals surface area contributed by atoms with E-state index in [-0.39, 0.29) is 18.2 Å². The van der Waals surface area contributed by atoms with Gasteiger partial charge in [-0.1, -0.05) is 18.2 Å². The Bertz CT molecular complexity index is 447. The van der Waals surface area contributed by atoms with Crippen LogP contribution in [0.15, 0.2) is 24.3 Å². The number of hydrogen-bond donors (Lipinski definition) is 1. The van der Waals surface area contributed by atoms with E-state index in [9.17, 15) is 4.79 Å². The molecule has 1 N–H and O–H groups in total. The molecule has 0 saturated carbocycles. The van der Waals surface area contributed by atoms with Crippen LogP contribution in [0.4, 0.5) is 5.69 Å². The second-order valence-electron chi connectivity index (χ2n) is 5.02. The number of carbonyl (C=O) groups excluding carboxylic acids is 1. The fourth-order valence-electron chi connectivity index (χ4n) is 2.41. The van der Waals surface area contributed by atoms with E-state index in [1.807, 2.05) is 38.1 Å². The molecule has 0 bridgehead atoms. The molecule has 1 aromatic carbocycles. The summed E-state index contributed by atoms with van der Waals surface area (Å²) in [6, 6.07) is 7.44. The number of carbonyl (C=O) groups is 1. The molecule has 2 rings (SSSR count). The van der Waals surface area contributed by atoms with Crippen molar-refractivity contribution in [3.63, 3.8) is 0 Å². The van der Waals surface area contributed by atoms with Gasteiger partial charge in [0, 0.05) is 5.69 Å². The molecule has 1 saturated heterocycles. The summed E-state index contributed by atoms with van der Waals surface area (Å²) < 4.78 is 10.7. The van der Waals surface area contributed by atoms with E-state index in [1.165, 1.54) is 7.11 Å². The third-order valence-corrected chi connectivity index (χ3v) is 3.55. The number of esters is 1. The molecule has 0 aliphatic carbocycles. The lowest BCUT2D eigenvalue weighted by molar-refractivity contribution is -0.144. The van der Waals surface area contributed by atoms with Crippen molar-refractivity contribution < 1.29 is 14.3 Å². The number of rotatable bonds is 4. The maximum atomic E-state index is 12.0. The highest BCUT2D eigenvalue weighted by Crippen LogP contribution is 2.25. The summed E-state index contributed by atoms with van der Waals surface area (Å²) >= 11 is 0. The van der Waals surface area contributed by atoms with Crippen LogP contribution in [0, 0.1) is 6.92 Å². The fraction of sp³-hybridized carbons (Fsp3) is 0.533. The molecule has 0 amide bonds. The zero-order valence-corrected chi connectivity index (χ0v) is 11.7. The van der Waals surface area contributed by atoms with Crippen LogP contribution in [0.25, 0.3) is 0 Å². The number of methoxy groups -OCH3 is 1. The molecule has 1 aromatic rings. The maximum absolute atomic E-state index is 12.0. The van der Waals surface area contributed by atoms with Crippen molar-refractivity contribution in [2.24, 2.45) is 0 Å². The second kappa shape index (κ2) is 6.06. The Morgan fingerprint density at radius 3 is 2.74 bits per heavy atom. The maximum Gasteiger partial charge on any atom is 0.331 e. The van der Waals surface area contributed by atoms with Crippen LogP contribution >= 0.6 is 0 Å². The van der Waals surface area contributed by atoms with Gasteiger partial charge in [0.1, 0.15) is 0 Å². The first-order valence-corrected chi connectivity index (χ1v) is 6.67. The molecule has 1 heterocycles. The normalized spacial score (nSPS) is 23.9. The monoisotopic (exact) mass is 263 g/mol. The topological polar surface area (TPSA) is 47.6 Å². The van der Waals surface area contributed by atoms with E-state index >= 15 is 0 Å². The van der Waals surface area contributed by atoms with Gasteiger partial charge in [-0.15, -0.1) is 0 Å². The van der Waals surface area contributed by atoms with Crippen molar-refractivity contribution >= 4 is 11.7 Å². The fourth-order valence-corrected chi connectivity index (χ4v) is 2.41. The molecule has 4 heteroatoms. The third-order valence-electron chi connectivity index (χ3n) is 3.55. The van der Waals surface area contributed by atoms with Gasteiger partial charge in [0.25, 0.3) is 0 Å². The molecule has 0 spiro atoms. The van der Waals surface area contributed by atoms with Crippen molar-refractivity contribution in [1.29, 1.82) is 0 Å². The first kappa shape index (κ1) is 13.9. The van der Waals surface area contributed by atoms with Crippen LogP contribution in [-0.4, -0.2) is 31.3 Å². The largest absolute Gasteiger partial charge is 0.467 e. The Kier molecular flexibility index (Phi) is 4.43. The first-order valence-electron chi connectivity index (χ1n) is 6.67. The van der Waals surface area contributed by atoms with Crippen molar-refractivity contribution in [2.75, 3.05) is 12.4 Å². The van der Waals surface area contributed by atoms with Gasteiger partial charge in [-0.25, -0.2) is 4.79 Å². The van der Waals surface area contributed by atoms with Gasteiger partial charge in [-0.05, 0) is 38.3 Å². The second-order valence-corrected chi connectivity index (χ2v) is 5.02. The smallest absolute Gasteiger partial charge is 0.331 e. The minimum absolute atomic E-state index is 0.123. The Labute approximate surface area is 114 Å². The van der Waals surface area contributed by atoms with Crippen LogP contribution in [0.3, 0.4) is 0 Å². The molecule has 3 atom stereocenters. The molecule has 0 aromatic heterocycles. The average Bonchev–Trinajstić information content (AvgIpc) is 2.83. The molecule has 1 aliphatic heterocycles. The molecule has 4 nitrogen and oxygen atoms in total. The van der Waals surface area contributed by atoms with Crippen LogP contribution in [0.5, 0.6) is 0 Å². The number of hydrogen-bond acceptors (Lipinski definition) is 4. The Balaban J connectivity index is 2.15. The number of para-hydroxylation sites is 1. The SMILES string of the molecule is COC(=O)C(Nc1ccccc1C)C1CCC(C)O1. The molecule has 19 heavy (non-hydrogen) atoms. The van der Waals surface area contributed by atoms with Crippen LogP contribution < -0.4 is 5.32 Å². The van der Waals surface area contributed by atoms with Crippen LogP contribution in [0.1, 0.15) is 25.3 Å². The summed E-state index contributed by atoms with van der Waals surface area (Å²) in [7, 11) is 1.41. The number of ether oxygens (including phenoxy) is 2. The van der Waals surface area contributed by atoms with E-state index in [0.29, 0.717) is 0 Å². The lowest BCUT2D eigenvalue weighted by Crippen LogP contribution is -2.41. The highest BCUT2D eigenvalue weighted by molar-refractivity contribution is 5.80. The standard InChI is InChI=1S/C15H21NO3/c1-10-6-4-5-7-12(10)16-14(15(17)18-3)13-9-8-11(2)19-13/h4-7,11,13-14,16H,8-9H2,1-3H3. The first-order chi connectivity index (χ1) is 9.11. The molecule has 1 fully saturated rings. The van der Waals surface area contributed by atoms with E-state index < -0.39 is 6.04 Å². The van der Waals surface area contributed by atoms with Crippen LogP contribution in [0.2, 0.25) is 0 Å². The average molecular weight is 263 g/mol. The lowest BCUT2D eigenvalue weighted by Gasteiger charge is -2.24. The van der Waals surface area contributed by atoms with Crippen molar-refractivity contribution in [3.8, 4) is 0 Å². The van der Waals surface area contributed by atoms with Gasteiger partial charge in [-0.2, -0.15) is 0 Å². The Morgan fingerprint density at radius 1 is 1.42 bits per heavy atom. The minimum atomic E-state index is -0.448. The summed E-state index contributed by atoms with van der Waals surface area (Å²) in [6.45, 7) is 4.04. The van der Waals surface area contributed by atoms with Gasteiger partial charge in [-0.3, -0.25) is 0 Å². The number of benzene rings is 1. The lowest BCUT2D eigenvalue weighted by atomic mass is 10.1. The molecular weight excluding hydrogens is 242 g/mol. The highest BCUT2D eigenvalue weighted by atomic mass is 16.5. The molecular formula is C15H21NO3. The van der Waals surface area contributed by atoms with Gasteiger partial charge in [0.05, 0.1) is 19.3 Å². The van der Waals surface area contributed by atoms with Gasteiger partial charge >= 0.3 is 5.97 Å². The number of anilines is 1. The summed E-state index contributed by atoms with van der Waals surface area (Å²) in [5, 5.41) is 3.26. The van der Waals surface area contributed by atoms with E-state index in [2.05, 4.69) is 5.32 Å². The number of nitrogens with one attached hydrogen (secondary N) is 1. The van der Waals surface area contributed by atoms with Gasteiger partial charge in [0.2, 0.25) is 0 Å². The molecule has 0 radical (unpaired) electrons. The van der Waals surface area contributed by atoms with Crippen LogP contribution in [-0.2, 0) is 14.3 Å². The van der Waals surface area contributed by atoms with Crippen molar-refractivity contribution in [1.82, 2.24) is 0 Å². The zero-order valence-electron chi connectivity index (χ0n) is 11.7. The predicted molar refractivity (Wildman–Crippen MR) is 74.2 cm³/mol. The summed E-state index contributed by atoms with van der Waals surface area (Å²) in [5.74, 6) is -0.276. The highest BCUT2D eigenvalue weighted by Gasteiger charge is 2.35. The van der Waals surface area contributed by atoms with Crippen molar-refractivity contribution in [3.05, 3.63) is 29.8 Å². The molecule has 3 unspecified atom stereocenters. The summed E-state index contributed by atoms with van der Waals surface area (Å²) in [6.07, 6.45) is 1.94. The predicted octanol–water partition coefficient (Wildman–Crippen LogP) is 2.52. The Hall–Kier alpha value is -1.55. The molecule has 104 valence electrons. The van der Waals surface area contributed by atoms with Gasteiger partial charge < -0.3 is 14.8 Å². The van der Waals surface area contributed by atoms with E-state index in [4.69, 9.17) is 9.47 Å².